The average molecular weight is 205 g/mol. The molecule has 0 heterocycles. The minimum Gasteiger partial charge on any atom is -0.383 e. The molecule has 0 amide bonds. The number of nitrogens with one attached hydrogen (secondary N) is 1. The first-order chi connectivity index (χ1) is 5.95. The standard InChI is InChI=1S/C10H23NOS/c1-9(11-6-7-12-5)8-13-10(2,3)4/h9,11H,6-8H2,1-5H3. The molecule has 0 aromatic heterocycles. The fourth-order valence-electron chi connectivity index (χ4n) is 0.841. The van der Waals surface area contributed by atoms with E-state index in [1.54, 1.807) is 7.11 Å². The fourth-order valence-corrected chi connectivity index (χ4v) is 1.71. The first kappa shape index (κ1) is 13.3. The summed E-state index contributed by atoms with van der Waals surface area (Å²) in [7, 11) is 1.73. The van der Waals surface area contributed by atoms with Crippen molar-refractivity contribution in [1.82, 2.24) is 5.32 Å². The summed E-state index contributed by atoms with van der Waals surface area (Å²) in [6.07, 6.45) is 0. The third kappa shape index (κ3) is 10.2. The van der Waals surface area contributed by atoms with E-state index in [0.29, 0.717) is 10.8 Å². The normalized spacial score (nSPS) is 14.5. The zero-order valence-electron chi connectivity index (χ0n) is 9.52. The lowest BCUT2D eigenvalue weighted by Gasteiger charge is -2.21. The third-order valence-corrected chi connectivity index (χ3v) is 3.10. The van der Waals surface area contributed by atoms with Gasteiger partial charge in [-0.25, -0.2) is 0 Å². The van der Waals surface area contributed by atoms with E-state index >= 15 is 0 Å². The van der Waals surface area contributed by atoms with Gasteiger partial charge in [0.2, 0.25) is 0 Å². The highest BCUT2D eigenvalue weighted by atomic mass is 32.2. The van der Waals surface area contributed by atoms with Crippen molar-refractivity contribution >= 4 is 11.8 Å². The van der Waals surface area contributed by atoms with Crippen LogP contribution in [-0.2, 0) is 4.74 Å². The van der Waals surface area contributed by atoms with E-state index < -0.39 is 0 Å². The van der Waals surface area contributed by atoms with Gasteiger partial charge in [0.25, 0.3) is 0 Å². The molecule has 1 unspecified atom stereocenters. The SMILES string of the molecule is COCCNC(C)CSC(C)(C)C. The molecular formula is C10H23NOS. The van der Waals surface area contributed by atoms with E-state index in [-0.39, 0.29) is 0 Å². The number of rotatable bonds is 6. The number of methoxy groups -OCH3 is 1. The Morgan fingerprint density at radius 1 is 1.38 bits per heavy atom. The molecule has 0 spiro atoms. The summed E-state index contributed by atoms with van der Waals surface area (Å²) >= 11 is 2.00. The van der Waals surface area contributed by atoms with Crippen LogP contribution in [-0.4, -0.2) is 36.8 Å². The van der Waals surface area contributed by atoms with Crippen LogP contribution in [0.15, 0.2) is 0 Å². The van der Waals surface area contributed by atoms with Gasteiger partial charge in [-0.15, -0.1) is 0 Å². The Kier molecular flexibility index (Phi) is 6.82. The van der Waals surface area contributed by atoms with Gasteiger partial charge in [0, 0.05) is 30.2 Å². The molecule has 0 aliphatic carbocycles. The van der Waals surface area contributed by atoms with Crippen molar-refractivity contribution in [1.29, 1.82) is 0 Å². The molecule has 0 bridgehead atoms. The molecule has 0 aliphatic rings. The highest BCUT2D eigenvalue weighted by Crippen LogP contribution is 2.23. The lowest BCUT2D eigenvalue weighted by atomic mass is 10.3. The molecule has 3 heteroatoms. The Labute approximate surface area is 86.8 Å². The second-order valence-electron chi connectivity index (χ2n) is 4.27. The molecule has 0 radical (unpaired) electrons. The molecule has 80 valence electrons. The predicted molar refractivity (Wildman–Crippen MR) is 61.6 cm³/mol. The van der Waals surface area contributed by atoms with Gasteiger partial charge < -0.3 is 10.1 Å². The molecule has 0 fully saturated rings. The number of thioether (sulfide) groups is 1. The van der Waals surface area contributed by atoms with Gasteiger partial charge in [-0.2, -0.15) is 11.8 Å². The summed E-state index contributed by atoms with van der Waals surface area (Å²) in [5, 5.41) is 3.41. The molecule has 0 aromatic rings. The minimum atomic E-state index is 0.372. The summed E-state index contributed by atoms with van der Waals surface area (Å²) in [6, 6.07) is 0.569. The summed E-state index contributed by atoms with van der Waals surface area (Å²) < 4.78 is 5.34. The van der Waals surface area contributed by atoms with E-state index in [4.69, 9.17) is 4.74 Å². The lowest BCUT2D eigenvalue weighted by molar-refractivity contribution is 0.197. The van der Waals surface area contributed by atoms with Crippen LogP contribution in [0.2, 0.25) is 0 Å². The Bertz CT molecular complexity index is 123. The molecule has 2 nitrogen and oxygen atoms in total. The number of ether oxygens (including phenoxy) is 1. The van der Waals surface area contributed by atoms with Crippen LogP contribution in [0.1, 0.15) is 27.7 Å². The van der Waals surface area contributed by atoms with E-state index in [1.807, 2.05) is 11.8 Å². The van der Waals surface area contributed by atoms with E-state index in [2.05, 4.69) is 33.0 Å². The molecule has 0 saturated heterocycles. The molecule has 1 N–H and O–H groups in total. The summed E-state index contributed by atoms with van der Waals surface area (Å²) in [6.45, 7) is 10.7. The predicted octanol–water partition coefficient (Wildman–Crippen LogP) is 2.14. The average Bonchev–Trinajstić information content (AvgIpc) is 2.00. The van der Waals surface area contributed by atoms with Crippen molar-refractivity contribution in [3.63, 3.8) is 0 Å². The summed E-state index contributed by atoms with van der Waals surface area (Å²) in [5.74, 6) is 1.16. The van der Waals surface area contributed by atoms with Gasteiger partial charge in [0.15, 0.2) is 0 Å². The molecule has 0 aliphatic heterocycles. The molecule has 1 atom stereocenters. The molecular weight excluding hydrogens is 182 g/mol. The van der Waals surface area contributed by atoms with Gasteiger partial charge in [0.1, 0.15) is 0 Å². The highest BCUT2D eigenvalue weighted by molar-refractivity contribution is 8.00. The smallest absolute Gasteiger partial charge is 0.0587 e. The maximum Gasteiger partial charge on any atom is 0.0587 e. The largest absolute Gasteiger partial charge is 0.383 e. The van der Waals surface area contributed by atoms with E-state index in [1.165, 1.54) is 0 Å². The van der Waals surface area contributed by atoms with Crippen LogP contribution >= 0.6 is 11.8 Å². The number of hydrogen-bond acceptors (Lipinski definition) is 3. The van der Waals surface area contributed by atoms with Crippen molar-refractivity contribution in [3.8, 4) is 0 Å². The van der Waals surface area contributed by atoms with Crippen molar-refractivity contribution in [2.24, 2.45) is 0 Å². The van der Waals surface area contributed by atoms with Crippen molar-refractivity contribution < 1.29 is 4.74 Å². The van der Waals surface area contributed by atoms with E-state index in [0.717, 1.165) is 18.9 Å². The van der Waals surface area contributed by atoms with Gasteiger partial charge in [-0.3, -0.25) is 0 Å². The summed E-state index contributed by atoms with van der Waals surface area (Å²) in [5.41, 5.74) is 0. The van der Waals surface area contributed by atoms with Gasteiger partial charge in [-0.1, -0.05) is 20.8 Å². The monoisotopic (exact) mass is 205 g/mol. The first-order valence-electron chi connectivity index (χ1n) is 4.82. The van der Waals surface area contributed by atoms with Crippen LogP contribution in [0, 0.1) is 0 Å². The van der Waals surface area contributed by atoms with Crippen LogP contribution in [0.3, 0.4) is 0 Å². The Morgan fingerprint density at radius 2 is 2.00 bits per heavy atom. The zero-order chi connectivity index (χ0) is 10.3. The van der Waals surface area contributed by atoms with E-state index in [9.17, 15) is 0 Å². The van der Waals surface area contributed by atoms with Crippen molar-refractivity contribution in [3.05, 3.63) is 0 Å². The third-order valence-electron chi connectivity index (χ3n) is 1.57. The van der Waals surface area contributed by atoms with Crippen molar-refractivity contribution in [2.75, 3.05) is 26.0 Å². The van der Waals surface area contributed by atoms with Crippen LogP contribution in [0.5, 0.6) is 0 Å². The summed E-state index contributed by atoms with van der Waals surface area (Å²) in [4.78, 5) is 0. The Morgan fingerprint density at radius 3 is 2.46 bits per heavy atom. The number of hydrogen-bond donors (Lipinski definition) is 1. The zero-order valence-corrected chi connectivity index (χ0v) is 10.3. The Hall–Kier alpha value is 0.270. The van der Waals surface area contributed by atoms with Gasteiger partial charge >= 0.3 is 0 Å². The lowest BCUT2D eigenvalue weighted by Crippen LogP contribution is -2.32. The maximum absolute atomic E-state index is 4.97. The van der Waals surface area contributed by atoms with Crippen molar-refractivity contribution in [2.45, 2.75) is 38.5 Å². The Balaban J connectivity index is 3.35. The molecule has 0 aromatic carbocycles. The molecule has 0 rings (SSSR count). The second-order valence-corrected chi connectivity index (χ2v) is 6.12. The quantitative estimate of drug-likeness (QED) is 0.671. The highest BCUT2D eigenvalue weighted by Gasteiger charge is 2.12. The van der Waals surface area contributed by atoms with Crippen LogP contribution in [0.4, 0.5) is 0 Å². The van der Waals surface area contributed by atoms with Crippen LogP contribution < -0.4 is 5.32 Å². The van der Waals surface area contributed by atoms with Crippen LogP contribution in [0.25, 0.3) is 0 Å². The molecule has 0 saturated carbocycles. The van der Waals surface area contributed by atoms with Gasteiger partial charge in [0.05, 0.1) is 6.61 Å². The maximum atomic E-state index is 4.97. The fraction of sp³-hybridized carbons (Fsp3) is 1.00. The molecule has 13 heavy (non-hydrogen) atoms. The minimum absolute atomic E-state index is 0.372. The van der Waals surface area contributed by atoms with Gasteiger partial charge in [-0.05, 0) is 6.92 Å². The topological polar surface area (TPSA) is 21.3 Å². The first-order valence-corrected chi connectivity index (χ1v) is 5.80. The second kappa shape index (κ2) is 6.68.